The van der Waals surface area contributed by atoms with Crippen LogP contribution in [0.25, 0.3) is 0 Å². The van der Waals surface area contributed by atoms with Gasteiger partial charge in [-0.05, 0) is 24.0 Å². The van der Waals surface area contributed by atoms with Gasteiger partial charge in [0.2, 0.25) is 0 Å². The van der Waals surface area contributed by atoms with E-state index in [4.69, 9.17) is 10.8 Å². The molecule has 0 aliphatic heterocycles. The number of rotatable bonds is 3. The van der Waals surface area contributed by atoms with Gasteiger partial charge in [0, 0.05) is 5.54 Å². The smallest absolute Gasteiger partial charge is 0.102 e. The van der Waals surface area contributed by atoms with E-state index in [9.17, 15) is 5.11 Å². The number of hydrogen-bond acceptors (Lipinski definition) is 3. The number of hydrogen-bond donors (Lipinski definition) is 3. The topological polar surface area (TPSA) is 66.5 Å². The minimum Gasteiger partial charge on any atom is -0.393 e. The van der Waals surface area contributed by atoms with E-state index in [0.717, 1.165) is 24.0 Å². The molecule has 0 heterocycles. The van der Waals surface area contributed by atoms with Crippen molar-refractivity contribution in [1.29, 1.82) is 0 Å². The Hall–Kier alpha value is -0.900. The second-order valence-electron chi connectivity index (χ2n) is 4.68. The maximum atomic E-state index is 9.47. The molecule has 1 unspecified atom stereocenters. The molecule has 1 fully saturated rings. The zero-order valence-electron chi connectivity index (χ0n) is 9.39. The zero-order valence-corrected chi connectivity index (χ0v) is 9.39. The van der Waals surface area contributed by atoms with E-state index >= 15 is 0 Å². The largest absolute Gasteiger partial charge is 0.393 e. The number of aliphatic hydroxyl groups is 2. The highest BCUT2D eigenvalue weighted by Crippen LogP contribution is 2.36. The van der Waals surface area contributed by atoms with Crippen LogP contribution in [0.1, 0.15) is 42.9 Å². The molecular weight excluding hydrogens is 202 g/mol. The van der Waals surface area contributed by atoms with Crippen molar-refractivity contribution in [3.63, 3.8) is 0 Å². The fourth-order valence-corrected chi connectivity index (χ4v) is 2.44. The minimum atomic E-state index is -0.786. The molecule has 4 N–H and O–H groups in total. The highest BCUT2D eigenvalue weighted by molar-refractivity contribution is 5.30. The molecule has 1 aliphatic rings. The van der Waals surface area contributed by atoms with Crippen molar-refractivity contribution in [2.24, 2.45) is 5.73 Å². The van der Waals surface area contributed by atoms with Gasteiger partial charge in [-0.3, -0.25) is 0 Å². The van der Waals surface area contributed by atoms with Crippen LogP contribution in [0.3, 0.4) is 0 Å². The fraction of sp³-hybridized carbons (Fsp3) is 0.538. The SMILES string of the molecule is NC1(c2ccc(C(O)CO)cc2)CCCC1. The van der Waals surface area contributed by atoms with Crippen LogP contribution >= 0.6 is 0 Å². The third-order valence-electron chi connectivity index (χ3n) is 3.54. The van der Waals surface area contributed by atoms with E-state index < -0.39 is 6.10 Å². The summed E-state index contributed by atoms with van der Waals surface area (Å²) in [6, 6.07) is 7.64. The molecule has 1 atom stereocenters. The van der Waals surface area contributed by atoms with Crippen molar-refractivity contribution in [3.8, 4) is 0 Å². The van der Waals surface area contributed by atoms with Crippen LogP contribution in [-0.2, 0) is 5.54 Å². The van der Waals surface area contributed by atoms with Crippen LogP contribution in [0.4, 0.5) is 0 Å². The van der Waals surface area contributed by atoms with Gasteiger partial charge < -0.3 is 15.9 Å². The molecule has 1 aromatic carbocycles. The second kappa shape index (κ2) is 4.53. The molecule has 16 heavy (non-hydrogen) atoms. The molecule has 0 radical (unpaired) electrons. The van der Waals surface area contributed by atoms with Gasteiger partial charge >= 0.3 is 0 Å². The molecule has 3 heteroatoms. The second-order valence-corrected chi connectivity index (χ2v) is 4.68. The summed E-state index contributed by atoms with van der Waals surface area (Å²) in [5.41, 5.74) is 8.03. The van der Waals surface area contributed by atoms with Crippen molar-refractivity contribution < 1.29 is 10.2 Å². The van der Waals surface area contributed by atoms with Gasteiger partial charge in [-0.2, -0.15) is 0 Å². The standard InChI is InChI=1S/C13H19NO2/c14-13(7-1-2-8-13)11-5-3-10(4-6-11)12(16)9-15/h3-6,12,15-16H,1-2,7-9,14H2. The number of benzene rings is 1. The summed E-state index contributed by atoms with van der Waals surface area (Å²) < 4.78 is 0. The third-order valence-corrected chi connectivity index (χ3v) is 3.54. The Labute approximate surface area is 95.9 Å². The molecule has 0 saturated heterocycles. The zero-order chi connectivity index (χ0) is 11.6. The van der Waals surface area contributed by atoms with Crippen molar-refractivity contribution >= 4 is 0 Å². The Morgan fingerprint density at radius 3 is 2.25 bits per heavy atom. The van der Waals surface area contributed by atoms with E-state index in [1.807, 2.05) is 24.3 Å². The summed E-state index contributed by atoms with van der Waals surface area (Å²) in [5.74, 6) is 0. The molecule has 3 nitrogen and oxygen atoms in total. The quantitative estimate of drug-likeness (QED) is 0.723. The Bertz CT molecular complexity index is 341. The Balaban J connectivity index is 2.18. The Morgan fingerprint density at radius 1 is 1.19 bits per heavy atom. The average Bonchev–Trinajstić information content (AvgIpc) is 2.77. The van der Waals surface area contributed by atoms with Gasteiger partial charge in [-0.25, -0.2) is 0 Å². The molecule has 1 aromatic rings. The van der Waals surface area contributed by atoms with Crippen LogP contribution < -0.4 is 5.73 Å². The molecule has 1 aliphatic carbocycles. The first-order valence-corrected chi connectivity index (χ1v) is 5.84. The van der Waals surface area contributed by atoms with E-state index in [0.29, 0.717) is 0 Å². The summed E-state index contributed by atoms with van der Waals surface area (Å²) >= 11 is 0. The van der Waals surface area contributed by atoms with E-state index in [2.05, 4.69) is 0 Å². The Morgan fingerprint density at radius 2 is 1.75 bits per heavy atom. The molecule has 0 spiro atoms. The van der Waals surface area contributed by atoms with Gasteiger partial charge in [0.15, 0.2) is 0 Å². The van der Waals surface area contributed by atoms with Crippen molar-refractivity contribution in [2.75, 3.05) is 6.61 Å². The van der Waals surface area contributed by atoms with Gasteiger partial charge in [-0.1, -0.05) is 37.1 Å². The van der Waals surface area contributed by atoms with Crippen LogP contribution in [-0.4, -0.2) is 16.8 Å². The summed E-state index contributed by atoms with van der Waals surface area (Å²) in [5, 5.41) is 18.3. The first-order chi connectivity index (χ1) is 7.65. The fourth-order valence-electron chi connectivity index (χ4n) is 2.44. The van der Waals surface area contributed by atoms with Crippen LogP contribution in [0.2, 0.25) is 0 Å². The lowest BCUT2D eigenvalue weighted by Crippen LogP contribution is -2.32. The average molecular weight is 221 g/mol. The number of aliphatic hydroxyl groups excluding tert-OH is 2. The lowest BCUT2D eigenvalue weighted by atomic mass is 9.88. The Kier molecular flexibility index (Phi) is 3.28. The summed E-state index contributed by atoms with van der Waals surface area (Å²) in [6.45, 7) is -0.243. The predicted octanol–water partition coefficient (Wildman–Crippen LogP) is 1.44. The number of nitrogens with two attached hydrogens (primary N) is 1. The highest BCUT2D eigenvalue weighted by Gasteiger charge is 2.30. The van der Waals surface area contributed by atoms with E-state index in [1.54, 1.807) is 0 Å². The van der Waals surface area contributed by atoms with E-state index in [1.165, 1.54) is 12.8 Å². The van der Waals surface area contributed by atoms with Gasteiger partial charge in [-0.15, -0.1) is 0 Å². The highest BCUT2D eigenvalue weighted by atomic mass is 16.3. The summed E-state index contributed by atoms with van der Waals surface area (Å²) in [4.78, 5) is 0. The predicted molar refractivity (Wildman–Crippen MR) is 62.8 cm³/mol. The maximum Gasteiger partial charge on any atom is 0.102 e. The molecule has 2 rings (SSSR count). The molecule has 0 bridgehead atoms. The van der Waals surface area contributed by atoms with Gasteiger partial charge in [0.1, 0.15) is 6.10 Å². The first kappa shape index (κ1) is 11.6. The maximum absolute atomic E-state index is 9.47. The first-order valence-electron chi connectivity index (χ1n) is 5.84. The van der Waals surface area contributed by atoms with Gasteiger partial charge in [0.05, 0.1) is 6.61 Å². The molecule has 1 saturated carbocycles. The third kappa shape index (κ3) is 2.12. The molecule has 0 amide bonds. The summed E-state index contributed by atoms with van der Waals surface area (Å²) in [6.07, 6.45) is 3.67. The van der Waals surface area contributed by atoms with Gasteiger partial charge in [0.25, 0.3) is 0 Å². The van der Waals surface area contributed by atoms with Crippen LogP contribution in [0.15, 0.2) is 24.3 Å². The summed E-state index contributed by atoms with van der Waals surface area (Å²) in [7, 11) is 0. The van der Waals surface area contributed by atoms with Crippen molar-refractivity contribution in [1.82, 2.24) is 0 Å². The van der Waals surface area contributed by atoms with Crippen LogP contribution in [0, 0.1) is 0 Å². The lowest BCUT2D eigenvalue weighted by Gasteiger charge is -2.24. The van der Waals surface area contributed by atoms with Crippen LogP contribution in [0.5, 0.6) is 0 Å². The lowest BCUT2D eigenvalue weighted by molar-refractivity contribution is 0.0956. The molecular formula is C13H19NO2. The molecule has 0 aromatic heterocycles. The normalized spacial score (nSPS) is 20.9. The van der Waals surface area contributed by atoms with Crippen molar-refractivity contribution in [2.45, 2.75) is 37.3 Å². The molecule has 88 valence electrons. The van der Waals surface area contributed by atoms with E-state index in [-0.39, 0.29) is 12.1 Å². The monoisotopic (exact) mass is 221 g/mol. The minimum absolute atomic E-state index is 0.178. The van der Waals surface area contributed by atoms with Crippen molar-refractivity contribution in [3.05, 3.63) is 35.4 Å².